The Balaban J connectivity index is 1.49. The van der Waals surface area contributed by atoms with E-state index < -0.39 is 0 Å². The van der Waals surface area contributed by atoms with Gasteiger partial charge in [-0.05, 0) is 103 Å². The molecule has 2 N–H and O–H groups in total. The van der Waals surface area contributed by atoms with Crippen LogP contribution in [0, 0.1) is 23.7 Å². The average Bonchev–Trinajstić information content (AvgIpc) is 2.79. The van der Waals surface area contributed by atoms with Crippen molar-refractivity contribution in [3.63, 3.8) is 0 Å². The van der Waals surface area contributed by atoms with Crippen LogP contribution >= 0.6 is 0 Å². The molecule has 1 amide bonds. The fraction of sp³-hybridized carbons (Fsp3) is 0.414. The number of aromatic hydroxyl groups is 1. The van der Waals surface area contributed by atoms with Crippen molar-refractivity contribution in [3.05, 3.63) is 76.9 Å². The molecule has 4 aliphatic carbocycles. The summed E-state index contributed by atoms with van der Waals surface area (Å²) in [5.74, 6) is 3.53. The Hall–Kier alpha value is -2.81. The Kier molecular flexibility index (Phi) is 5.91. The van der Waals surface area contributed by atoms with Gasteiger partial charge >= 0.3 is 0 Å². The molecule has 0 aliphatic heterocycles. The van der Waals surface area contributed by atoms with Crippen molar-refractivity contribution < 1.29 is 9.90 Å². The van der Waals surface area contributed by atoms with Gasteiger partial charge < -0.3 is 10.4 Å². The topological polar surface area (TPSA) is 49.3 Å². The number of amides is 1. The van der Waals surface area contributed by atoms with Gasteiger partial charge in [-0.2, -0.15) is 0 Å². The molecular formula is C29H33NO2. The van der Waals surface area contributed by atoms with Crippen LogP contribution in [0.1, 0.15) is 62.1 Å². The Labute approximate surface area is 191 Å². The molecule has 4 saturated carbocycles. The first-order chi connectivity index (χ1) is 15.6. The molecule has 4 fully saturated rings. The maximum Gasteiger partial charge on any atom is 0.243 e. The third kappa shape index (κ3) is 4.26. The fourth-order valence-corrected chi connectivity index (χ4v) is 6.47. The molecule has 0 heterocycles. The van der Waals surface area contributed by atoms with Crippen molar-refractivity contribution in [2.45, 2.75) is 45.4 Å². The zero-order valence-corrected chi connectivity index (χ0v) is 18.9. The van der Waals surface area contributed by atoms with Crippen LogP contribution in [0.5, 0.6) is 5.75 Å². The maximum atomic E-state index is 11.9. The van der Waals surface area contributed by atoms with Crippen molar-refractivity contribution in [3.8, 4) is 5.75 Å². The summed E-state index contributed by atoms with van der Waals surface area (Å²) >= 11 is 0. The predicted octanol–water partition coefficient (Wildman–Crippen LogP) is 6.19. The smallest absolute Gasteiger partial charge is 0.243 e. The van der Waals surface area contributed by atoms with E-state index in [0.29, 0.717) is 24.1 Å². The standard InChI is InChI=1S/C29H33NO2/c1-2-13-30-27(32)12-5-19-3-6-22(7-4-19)28(23-8-10-26(31)11-9-23)29-24-15-20-14-21(17-24)18-25(29)16-20/h3-12,20-21,24-25,31H,2,13-18H2,1H3,(H,30,32)/b12-5+,29-28?. The minimum absolute atomic E-state index is 0.0450. The highest BCUT2D eigenvalue weighted by molar-refractivity contribution is 5.91. The van der Waals surface area contributed by atoms with E-state index in [2.05, 4.69) is 41.7 Å². The van der Waals surface area contributed by atoms with E-state index in [1.807, 2.05) is 13.0 Å². The van der Waals surface area contributed by atoms with Gasteiger partial charge in [-0.15, -0.1) is 0 Å². The largest absolute Gasteiger partial charge is 0.508 e. The van der Waals surface area contributed by atoms with Crippen LogP contribution in [-0.2, 0) is 4.79 Å². The van der Waals surface area contributed by atoms with Gasteiger partial charge in [-0.3, -0.25) is 4.79 Å². The van der Waals surface area contributed by atoms with E-state index in [9.17, 15) is 9.90 Å². The molecule has 32 heavy (non-hydrogen) atoms. The van der Waals surface area contributed by atoms with Crippen LogP contribution in [0.3, 0.4) is 0 Å². The third-order valence-electron chi connectivity index (χ3n) is 7.64. The summed E-state index contributed by atoms with van der Waals surface area (Å²) in [5, 5.41) is 12.7. The minimum atomic E-state index is -0.0450. The first-order valence-electron chi connectivity index (χ1n) is 12.2. The Morgan fingerprint density at radius 3 is 2.03 bits per heavy atom. The number of hydrogen-bond donors (Lipinski definition) is 2. The number of benzene rings is 2. The molecule has 0 radical (unpaired) electrons. The van der Waals surface area contributed by atoms with Crippen LogP contribution in [0.2, 0.25) is 0 Å². The molecule has 2 aromatic rings. The molecule has 3 nitrogen and oxygen atoms in total. The molecular weight excluding hydrogens is 394 g/mol. The van der Waals surface area contributed by atoms with Crippen molar-refractivity contribution in [2.75, 3.05) is 6.54 Å². The molecule has 166 valence electrons. The summed E-state index contributed by atoms with van der Waals surface area (Å²) in [7, 11) is 0. The van der Waals surface area contributed by atoms with Gasteiger partial charge in [0.05, 0.1) is 0 Å². The number of hydrogen-bond acceptors (Lipinski definition) is 2. The van der Waals surface area contributed by atoms with Crippen molar-refractivity contribution in [1.82, 2.24) is 5.32 Å². The molecule has 6 rings (SSSR count). The van der Waals surface area contributed by atoms with Gasteiger partial charge in [0.15, 0.2) is 0 Å². The normalized spacial score (nSPS) is 26.0. The van der Waals surface area contributed by atoms with Crippen molar-refractivity contribution >= 4 is 17.6 Å². The lowest BCUT2D eigenvalue weighted by molar-refractivity contribution is -0.116. The number of nitrogens with one attached hydrogen (secondary N) is 1. The van der Waals surface area contributed by atoms with Crippen LogP contribution in [0.25, 0.3) is 11.6 Å². The highest BCUT2D eigenvalue weighted by Gasteiger charge is 2.46. The van der Waals surface area contributed by atoms with Crippen LogP contribution < -0.4 is 5.32 Å². The van der Waals surface area contributed by atoms with Gasteiger partial charge in [-0.1, -0.05) is 48.9 Å². The zero-order chi connectivity index (χ0) is 22.1. The zero-order valence-electron chi connectivity index (χ0n) is 18.9. The average molecular weight is 428 g/mol. The number of rotatable bonds is 6. The lowest BCUT2D eigenvalue weighted by atomic mass is 9.53. The van der Waals surface area contributed by atoms with Gasteiger partial charge in [0, 0.05) is 12.6 Å². The molecule has 2 aromatic carbocycles. The summed E-state index contributed by atoms with van der Waals surface area (Å²) in [5.41, 5.74) is 6.50. The van der Waals surface area contributed by atoms with Gasteiger partial charge in [0.1, 0.15) is 5.75 Å². The number of phenols is 1. The Morgan fingerprint density at radius 1 is 0.906 bits per heavy atom. The molecule has 4 aliphatic rings. The van der Waals surface area contributed by atoms with Gasteiger partial charge in [-0.25, -0.2) is 0 Å². The van der Waals surface area contributed by atoms with E-state index in [1.165, 1.54) is 48.8 Å². The lowest BCUT2D eigenvalue weighted by Gasteiger charge is -2.52. The number of phenolic OH excluding ortho intramolecular Hbond substituents is 1. The molecule has 3 heteroatoms. The molecule has 0 unspecified atom stereocenters. The predicted molar refractivity (Wildman–Crippen MR) is 130 cm³/mol. The Bertz CT molecular complexity index is 1000. The van der Waals surface area contributed by atoms with E-state index in [0.717, 1.165) is 23.8 Å². The summed E-state index contributed by atoms with van der Waals surface area (Å²) in [6, 6.07) is 16.3. The van der Waals surface area contributed by atoms with E-state index in [-0.39, 0.29) is 5.91 Å². The summed E-state index contributed by atoms with van der Waals surface area (Å²) in [4.78, 5) is 11.9. The van der Waals surface area contributed by atoms with E-state index in [1.54, 1.807) is 23.8 Å². The second-order valence-corrected chi connectivity index (χ2v) is 9.93. The number of carbonyl (C=O) groups excluding carboxylic acids is 1. The highest BCUT2D eigenvalue weighted by Crippen LogP contribution is 2.58. The second-order valence-electron chi connectivity index (χ2n) is 9.93. The monoisotopic (exact) mass is 427 g/mol. The molecule has 0 spiro atoms. The molecule has 4 bridgehead atoms. The highest BCUT2D eigenvalue weighted by atomic mass is 16.3. The summed E-state index contributed by atoms with van der Waals surface area (Å²) in [6.45, 7) is 2.75. The van der Waals surface area contributed by atoms with Crippen molar-refractivity contribution in [2.24, 2.45) is 23.7 Å². The Morgan fingerprint density at radius 2 is 1.47 bits per heavy atom. The molecule has 0 atom stereocenters. The van der Waals surface area contributed by atoms with Gasteiger partial charge in [0.25, 0.3) is 0 Å². The maximum absolute atomic E-state index is 11.9. The minimum Gasteiger partial charge on any atom is -0.508 e. The third-order valence-corrected chi connectivity index (χ3v) is 7.64. The van der Waals surface area contributed by atoms with Crippen LogP contribution in [0.4, 0.5) is 0 Å². The first kappa shape index (κ1) is 21.1. The quantitative estimate of drug-likeness (QED) is 0.540. The fourth-order valence-electron chi connectivity index (χ4n) is 6.47. The number of allylic oxidation sites excluding steroid dienone is 1. The molecule has 0 saturated heterocycles. The first-order valence-corrected chi connectivity index (χ1v) is 12.2. The SMILES string of the molecule is CCCNC(=O)/C=C/c1ccc(C(=C2C3CC4CC(C3)CC2C4)c2ccc(O)cc2)cc1. The van der Waals surface area contributed by atoms with Crippen molar-refractivity contribution in [1.29, 1.82) is 0 Å². The second kappa shape index (κ2) is 8.97. The van der Waals surface area contributed by atoms with Gasteiger partial charge in [0.2, 0.25) is 5.91 Å². The molecule has 0 aromatic heterocycles. The van der Waals surface area contributed by atoms with Crippen LogP contribution in [0.15, 0.2) is 60.2 Å². The lowest BCUT2D eigenvalue weighted by Crippen LogP contribution is -2.40. The summed E-state index contributed by atoms with van der Waals surface area (Å²) in [6.07, 6.45) is 11.3. The summed E-state index contributed by atoms with van der Waals surface area (Å²) < 4.78 is 0. The van der Waals surface area contributed by atoms with E-state index >= 15 is 0 Å². The van der Waals surface area contributed by atoms with Crippen LogP contribution in [-0.4, -0.2) is 17.6 Å². The number of carbonyl (C=O) groups is 1. The van der Waals surface area contributed by atoms with E-state index in [4.69, 9.17) is 0 Å².